The zero-order chi connectivity index (χ0) is 20.4. The predicted molar refractivity (Wildman–Crippen MR) is 109 cm³/mol. The fraction of sp³-hybridized carbons (Fsp3) is 0.227. The van der Waals surface area contributed by atoms with Gasteiger partial charge in [-0.25, -0.2) is 4.39 Å². The van der Waals surface area contributed by atoms with E-state index in [1.165, 1.54) is 35.0 Å². The van der Waals surface area contributed by atoms with Crippen molar-refractivity contribution in [1.82, 2.24) is 14.7 Å². The van der Waals surface area contributed by atoms with E-state index in [4.69, 9.17) is 0 Å². The minimum Gasteiger partial charge on any atom is -0.352 e. The predicted octanol–water partition coefficient (Wildman–Crippen LogP) is 2.64. The summed E-state index contributed by atoms with van der Waals surface area (Å²) in [7, 11) is 0. The second-order valence-corrected chi connectivity index (χ2v) is 7.07. The van der Waals surface area contributed by atoms with E-state index in [0.717, 1.165) is 5.56 Å². The molecule has 1 aliphatic heterocycles. The first kappa shape index (κ1) is 18.9. The van der Waals surface area contributed by atoms with Crippen LogP contribution < -0.4 is 10.5 Å². The van der Waals surface area contributed by atoms with Crippen LogP contribution in [0.15, 0.2) is 65.5 Å². The Bertz CT molecular complexity index is 1090. The lowest BCUT2D eigenvalue weighted by molar-refractivity contribution is 0.0746. The highest BCUT2D eigenvalue weighted by Gasteiger charge is 2.23. The van der Waals surface area contributed by atoms with Crippen LogP contribution in [-0.2, 0) is 0 Å². The molecule has 4 rings (SSSR count). The lowest BCUT2D eigenvalue weighted by Crippen LogP contribution is -2.49. The highest BCUT2D eigenvalue weighted by atomic mass is 19.1. The summed E-state index contributed by atoms with van der Waals surface area (Å²) in [6, 6.07) is 16.4. The number of hydrogen-bond acceptors (Lipinski definition) is 4. The number of halogens is 1. The van der Waals surface area contributed by atoms with Crippen molar-refractivity contribution in [2.75, 3.05) is 31.1 Å². The quantitative estimate of drug-likeness (QED) is 0.688. The Kier molecular flexibility index (Phi) is 5.12. The third-order valence-electron chi connectivity index (χ3n) is 5.01. The molecule has 1 aliphatic rings. The van der Waals surface area contributed by atoms with Gasteiger partial charge in [0.25, 0.3) is 11.5 Å². The molecule has 1 saturated heterocycles. The lowest BCUT2D eigenvalue weighted by atomic mass is 10.1. The van der Waals surface area contributed by atoms with E-state index < -0.39 is 0 Å². The van der Waals surface area contributed by atoms with Crippen molar-refractivity contribution >= 4 is 11.7 Å². The van der Waals surface area contributed by atoms with Gasteiger partial charge in [-0.15, -0.1) is 5.10 Å². The number of anilines is 1. The number of rotatable bonds is 3. The van der Waals surface area contributed by atoms with Crippen LogP contribution in [-0.4, -0.2) is 46.8 Å². The average Bonchev–Trinajstić information content (AvgIpc) is 2.74. The number of piperazine rings is 1. The Hall–Kier alpha value is -3.48. The Morgan fingerprint density at radius 1 is 0.966 bits per heavy atom. The Morgan fingerprint density at radius 3 is 2.38 bits per heavy atom. The molecule has 1 fully saturated rings. The standard InChI is InChI=1S/C22H21FN4O2/c1-16-3-2-4-17(15-16)22(29)26-13-11-25(12-14-26)20-9-10-21(28)27(24-20)19-7-5-18(23)6-8-19/h2-10,15H,11-14H2,1H3. The SMILES string of the molecule is Cc1cccc(C(=O)N2CCN(c3ccc(=O)n(-c4ccc(F)cc4)n3)CC2)c1. The molecule has 148 valence electrons. The zero-order valence-corrected chi connectivity index (χ0v) is 16.1. The maximum Gasteiger partial charge on any atom is 0.271 e. The molecule has 7 heteroatoms. The molecule has 3 aromatic rings. The number of carbonyl (C=O) groups excluding carboxylic acids is 1. The van der Waals surface area contributed by atoms with Gasteiger partial charge in [0.2, 0.25) is 0 Å². The number of benzene rings is 2. The molecule has 0 bridgehead atoms. The molecule has 0 spiro atoms. The van der Waals surface area contributed by atoms with Gasteiger partial charge in [0.15, 0.2) is 0 Å². The fourth-order valence-corrected chi connectivity index (χ4v) is 3.44. The van der Waals surface area contributed by atoms with Crippen molar-refractivity contribution in [3.63, 3.8) is 0 Å². The molecule has 29 heavy (non-hydrogen) atoms. The molecule has 0 radical (unpaired) electrons. The van der Waals surface area contributed by atoms with Gasteiger partial charge in [-0.2, -0.15) is 4.68 Å². The van der Waals surface area contributed by atoms with Crippen molar-refractivity contribution in [3.05, 3.63) is 88.0 Å². The number of nitrogens with zero attached hydrogens (tertiary/aromatic N) is 4. The molecular formula is C22H21FN4O2. The Balaban J connectivity index is 1.49. The van der Waals surface area contributed by atoms with Crippen LogP contribution in [0.3, 0.4) is 0 Å². The molecule has 6 nitrogen and oxygen atoms in total. The lowest BCUT2D eigenvalue weighted by Gasteiger charge is -2.35. The third kappa shape index (κ3) is 4.03. The average molecular weight is 392 g/mol. The van der Waals surface area contributed by atoms with E-state index in [1.54, 1.807) is 6.07 Å². The monoisotopic (exact) mass is 392 g/mol. The molecule has 1 aromatic heterocycles. The maximum atomic E-state index is 13.2. The van der Waals surface area contributed by atoms with Crippen molar-refractivity contribution < 1.29 is 9.18 Å². The number of carbonyl (C=O) groups is 1. The molecule has 0 N–H and O–H groups in total. The summed E-state index contributed by atoms with van der Waals surface area (Å²) in [6.07, 6.45) is 0. The minimum atomic E-state index is -0.368. The van der Waals surface area contributed by atoms with Crippen molar-refractivity contribution in [2.45, 2.75) is 6.92 Å². The second-order valence-electron chi connectivity index (χ2n) is 7.07. The van der Waals surface area contributed by atoms with Crippen molar-refractivity contribution in [1.29, 1.82) is 0 Å². The van der Waals surface area contributed by atoms with E-state index in [1.807, 2.05) is 41.0 Å². The topological polar surface area (TPSA) is 58.4 Å². The normalized spacial score (nSPS) is 14.1. The summed E-state index contributed by atoms with van der Waals surface area (Å²) in [5, 5.41) is 4.44. The Labute approximate surface area is 167 Å². The van der Waals surface area contributed by atoms with Crippen LogP contribution >= 0.6 is 0 Å². The summed E-state index contributed by atoms with van der Waals surface area (Å²) >= 11 is 0. The van der Waals surface area contributed by atoms with Gasteiger partial charge in [-0.3, -0.25) is 9.59 Å². The molecular weight excluding hydrogens is 371 g/mol. The van der Waals surface area contributed by atoms with E-state index in [-0.39, 0.29) is 17.3 Å². The molecule has 1 amide bonds. The van der Waals surface area contributed by atoms with Crippen LogP contribution in [0.2, 0.25) is 0 Å². The summed E-state index contributed by atoms with van der Waals surface area (Å²) < 4.78 is 14.4. The smallest absolute Gasteiger partial charge is 0.271 e. The molecule has 2 heterocycles. The summed E-state index contributed by atoms with van der Waals surface area (Å²) in [5.41, 5.74) is 1.98. The highest BCUT2D eigenvalue weighted by Crippen LogP contribution is 2.16. The largest absolute Gasteiger partial charge is 0.352 e. The van der Waals surface area contributed by atoms with Crippen LogP contribution in [0.5, 0.6) is 0 Å². The maximum absolute atomic E-state index is 13.2. The second kappa shape index (κ2) is 7.87. The third-order valence-corrected chi connectivity index (χ3v) is 5.01. The van der Waals surface area contributed by atoms with Gasteiger partial charge in [0, 0.05) is 37.8 Å². The summed E-state index contributed by atoms with van der Waals surface area (Å²) in [5.74, 6) is 0.307. The van der Waals surface area contributed by atoms with E-state index in [9.17, 15) is 14.0 Å². The van der Waals surface area contributed by atoms with Crippen LogP contribution in [0.4, 0.5) is 10.2 Å². The number of aromatic nitrogens is 2. The number of amides is 1. The van der Waals surface area contributed by atoms with Gasteiger partial charge < -0.3 is 9.80 Å². The minimum absolute atomic E-state index is 0.0255. The van der Waals surface area contributed by atoms with Crippen molar-refractivity contribution in [3.8, 4) is 5.69 Å². The van der Waals surface area contributed by atoms with Crippen molar-refractivity contribution in [2.24, 2.45) is 0 Å². The van der Waals surface area contributed by atoms with Gasteiger partial charge >= 0.3 is 0 Å². The first-order valence-electron chi connectivity index (χ1n) is 9.48. The molecule has 0 atom stereocenters. The highest BCUT2D eigenvalue weighted by molar-refractivity contribution is 5.94. The first-order valence-corrected chi connectivity index (χ1v) is 9.48. The number of aryl methyl sites for hydroxylation is 1. The van der Waals surface area contributed by atoms with Gasteiger partial charge in [0.1, 0.15) is 11.6 Å². The van der Waals surface area contributed by atoms with Gasteiger partial charge in [-0.1, -0.05) is 17.7 Å². The Morgan fingerprint density at radius 2 is 1.69 bits per heavy atom. The van der Waals surface area contributed by atoms with Crippen LogP contribution in [0, 0.1) is 12.7 Å². The summed E-state index contributed by atoms with van der Waals surface area (Å²) in [4.78, 5) is 28.8. The van der Waals surface area contributed by atoms with Gasteiger partial charge in [-0.05, 0) is 49.4 Å². The molecule has 0 aliphatic carbocycles. The number of hydrogen-bond donors (Lipinski definition) is 0. The summed E-state index contributed by atoms with van der Waals surface area (Å²) in [6.45, 7) is 4.35. The molecule has 2 aromatic carbocycles. The van der Waals surface area contributed by atoms with E-state index >= 15 is 0 Å². The van der Waals surface area contributed by atoms with E-state index in [0.29, 0.717) is 43.2 Å². The molecule has 0 saturated carbocycles. The zero-order valence-electron chi connectivity index (χ0n) is 16.1. The van der Waals surface area contributed by atoms with Gasteiger partial charge in [0.05, 0.1) is 5.69 Å². The molecule has 0 unspecified atom stereocenters. The fourth-order valence-electron chi connectivity index (χ4n) is 3.44. The van der Waals surface area contributed by atoms with Crippen LogP contribution in [0.25, 0.3) is 5.69 Å². The van der Waals surface area contributed by atoms with E-state index in [2.05, 4.69) is 5.10 Å². The van der Waals surface area contributed by atoms with Crippen LogP contribution in [0.1, 0.15) is 15.9 Å². The first-order chi connectivity index (χ1) is 14.0.